The molecule has 0 spiro atoms. The van der Waals surface area contributed by atoms with Crippen molar-refractivity contribution in [2.75, 3.05) is 0 Å². The summed E-state index contributed by atoms with van der Waals surface area (Å²) < 4.78 is 5.49. The van der Waals surface area contributed by atoms with Crippen molar-refractivity contribution in [1.82, 2.24) is 0 Å². The maximum Gasteiger partial charge on any atom is 0.134 e. The smallest absolute Gasteiger partial charge is 0.134 e. The van der Waals surface area contributed by atoms with E-state index in [1.807, 2.05) is 12.1 Å². The van der Waals surface area contributed by atoms with Gasteiger partial charge in [-0.05, 0) is 31.5 Å². The lowest BCUT2D eigenvalue weighted by atomic mass is 10.0. The van der Waals surface area contributed by atoms with Gasteiger partial charge in [-0.1, -0.05) is 23.8 Å². The molecule has 78 valence electrons. The monoisotopic (exact) mass is 202 g/mol. The Kier molecular flexibility index (Phi) is 2.60. The van der Waals surface area contributed by atoms with Crippen molar-refractivity contribution in [2.24, 2.45) is 0 Å². The number of aliphatic hydroxyl groups is 1. The van der Waals surface area contributed by atoms with Crippen LogP contribution in [0.1, 0.15) is 16.9 Å². The van der Waals surface area contributed by atoms with Gasteiger partial charge in [-0.3, -0.25) is 0 Å². The largest absolute Gasteiger partial charge is 0.459 e. The number of benzene rings is 1. The highest BCUT2D eigenvalue weighted by molar-refractivity contribution is 5.62. The van der Waals surface area contributed by atoms with E-state index in [9.17, 15) is 0 Å². The molecule has 0 saturated carbocycles. The van der Waals surface area contributed by atoms with Crippen LogP contribution in [0.2, 0.25) is 0 Å². The Balaban J connectivity index is 2.44. The van der Waals surface area contributed by atoms with Gasteiger partial charge in [0.25, 0.3) is 0 Å². The topological polar surface area (TPSA) is 33.4 Å². The molecule has 0 radical (unpaired) electrons. The first-order valence-corrected chi connectivity index (χ1v) is 4.98. The van der Waals surface area contributed by atoms with E-state index in [1.54, 1.807) is 6.07 Å². The molecule has 0 unspecified atom stereocenters. The summed E-state index contributed by atoms with van der Waals surface area (Å²) in [4.78, 5) is 0. The van der Waals surface area contributed by atoms with E-state index in [2.05, 4.69) is 26.0 Å². The molecule has 15 heavy (non-hydrogen) atoms. The molecule has 0 amide bonds. The maximum absolute atomic E-state index is 8.92. The van der Waals surface area contributed by atoms with Crippen molar-refractivity contribution >= 4 is 0 Å². The van der Waals surface area contributed by atoms with Crippen LogP contribution in [0, 0.1) is 13.8 Å². The Morgan fingerprint density at radius 2 is 1.93 bits per heavy atom. The second kappa shape index (κ2) is 3.91. The molecule has 0 bridgehead atoms. The summed E-state index contributed by atoms with van der Waals surface area (Å²) >= 11 is 0. The van der Waals surface area contributed by atoms with Crippen molar-refractivity contribution in [3.05, 3.63) is 47.2 Å². The molecule has 0 aliphatic carbocycles. The fourth-order valence-electron chi connectivity index (χ4n) is 1.70. The maximum atomic E-state index is 8.92. The molecule has 0 aliphatic rings. The first-order chi connectivity index (χ1) is 7.20. The highest BCUT2D eigenvalue weighted by Crippen LogP contribution is 2.26. The first kappa shape index (κ1) is 9.99. The van der Waals surface area contributed by atoms with E-state index in [1.165, 1.54) is 11.1 Å². The number of aryl methyl sites for hydroxylation is 2. The molecule has 2 aromatic rings. The molecule has 1 N–H and O–H groups in total. The molecule has 0 atom stereocenters. The second-order valence-electron chi connectivity index (χ2n) is 3.74. The minimum atomic E-state index is -0.0507. The summed E-state index contributed by atoms with van der Waals surface area (Å²) in [6.07, 6.45) is 0. The molecule has 2 rings (SSSR count). The van der Waals surface area contributed by atoms with Crippen LogP contribution in [-0.4, -0.2) is 5.11 Å². The van der Waals surface area contributed by atoms with E-state index in [4.69, 9.17) is 9.52 Å². The van der Waals surface area contributed by atoms with Crippen molar-refractivity contribution in [2.45, 2.75) is 20.5 Å². The molecule has 0 fully saturated rings. The van der Waals surface area contributed by atoms with Gasteiger partial charge in [0.2, 0.25) is 0 Å². The van der Waals surface area contributed by atoms with E-state index in [0.717, 1.165) is 11.3 Å². The highest BCUT2D eigenvalue weighted by Gasteiger charge is 2.06. The Morgan fingerprint density at radius 3 is 2.53 bits per heavy atom. The predicted octanol–water partition coefficient (Wildman–Crippen LogP) is 3.06. The third kappa shape index (κ3) is 1.95. The molecular weight excluding hydrogens is 188 g/mol. The summed E-state index contributed by atoms with van der Waals surface area (Å²) in [6.45, 7) is 4.08. The third-order valence-corrected chi connectivity index (χ3v) is 2.46. The summed E-state index contributed by atoms with van der Waals surface area (Å²) in [6, 6.07) is 9.92. The zero-order valence-electron chi connectivity index (χ0n) is 8.95. The quantitative estimate of drug-likeness (QED) is 0.811. The number of rotatable bonds is 2. The molecule has 2 heteroatoms. The van der Waals surface area contributed by atoms with Crippen LogP contribution in [0.3, 0.4) is 0 Å². The van der Waals surface area contributed by atoms with E-state index < -0.39 is 0 Å². The van der Waals surface area contributed by atoms with Crippen molar-refractivity contribution in [1.29, 1.82) is 0 Å². The zero-order valence-corrected chi connectivity index (χ0v) is 8.95. The van der Waals surface area contributed by atoms with E-state index in [-0.39, 0.29) is 6.61 Å². The van der Waals surface area contributed by atoms with Gasteiger partial charge in [-0.25, -0.2) is 0 Å². The Morgan fingerprint density at radius 1 is 1.13 bits per heavy atom. The van der Waals surface area contributed by atoms with Gasteiger partial charge in [0.1, 0.15) is 18.1 Å². The van der Waals surface area contributed by atoms with Crippen LogP contribution in [0.5, 0.6) is 0 Å². The van der Waals surface area contributed by atoms with Crippen LogP contribution in [0.4, 0.5) is 0 Å². The molecule has 1 aromatic carbocycles. The first-order valence-electron chi connectivity index (χ1n) is 4.98. The van der Waals surface area contributed by atoms with Crippen LogP contribution in [0.25, 0.3) is 11.3 Å². The van der Waals surface area contributed by atoms with Gasteiger partial charge in [0, 0.05) is 5.56 Å². The van der Waals surface area contributed by atoms with Crippen molar-refractivity contribution in [3.8, 4) is 11.3 Å². The molecule has 0 saturated heterocycles. The van der Waals surface area contributed by atoms with Crippen LogP contribution in [0.15, 0.2) is 34.7 Å². The lowest BCUT2D eigenvalue weighted by Gasteiger charge is -2.03. The highest BCUT2D eigenvalue weighted by atomic mass is 16.4. The SMILES string of the molecule is Cc1ccc(-c2ccc(CO)o2)c(C)c1. The van der Waals surface area contributed by atoms with Gasteiger partial charge in [-0.2, -0.15) is 0 Å². The molecule has 0 aliphatic heterocycles. The van der Waals surface area contributed by atoms with Gasteiger partial charge >= 0.3 is 0 Å². The third-order valence-electron chi connectivity index (χ3n) is 2.46. The van der Waals surface area contributed by atoms with E-state index in [0.29, 0.717) is 5.76 Å². The minimum Gasteiger partial charge on any atom is -0.459 e. The summed E-state index contributed by atoms with van der Waals surface area (Å²) in [5, 5.41) is 8.92. The predicted molar refractivity (Wildman–Crippen MR) is 59.5 cm³/mol. The number of hydrogen-bond acceptors (Lipinski definition) is 2. The Hall–Kier alpha value is -1.54. The minimum absolute atomic E-state index is 0.0507. The van der Waals surface area contributed by atoms with E-state index >= 15 is 0 Å². The summed E-state index contributed by atoms with van der Waals surface area (Å²) in [7, 11) is 0. The average Bonchev–Trinajstić information content (AvgIpc) is 2.66. The molecular formula is C13H14O2. The van der Waals surface area contributed by atoms with Crippen LogP contribution >= 0.6 is 0 Å². The molecule has 1 aromatic heterocycles. The van der Waals surface area contributed by atoms with Gasteiger partial charge < -0.3 is 9.52 Å². The van der Waals surface area contributed by atoms with Gasteiger partial charge in [0.05, 0.1) is 0 Å². The van der Waals surface area contributed by atoms with Crippen molar-refractivity contribution in [3.63, 3.8) is 0 Å². The number of aliphatic hydroxyl groups excluding tert-OH is 1. The van der Waals surface area contributed by atoms with Gasteiger partial charge in [-0.15, -0.1) is 0 Å². The lowest BCUT2D eigenvalue weighted by molar-refractivity contribution is 0.248. The summed E-state index contributed by atoms with van der Waals surface area (Å²) in [5.74, 6) is 1.42. The zero-order chi connectivity index (χ0) is 10.8. The molecule has 2 nitrogen and oxygen atoms in total. The Bertz CT molecular complexity index is 469. The van der Waals surface area contributed by atoms with Crippen molar-refractivity contribution < 1.29 is 9.52 Å². The summed E-state index contributed by atoms with van der Waals surface area (Å²) in [5.41, 5.74) is 3.51. The number of hydrogen-bond donors (Lipinski definition) is 1. The molecule has 1 heterocycles. The van der Waals surface area contributed by atoms with Gasteiger partial charge in [0.15, 0.2) is 0 Å². The standard InChI is InChI=1S/C13H14O2/c1-9-3-5-12(10(2)7-9)13-6-4-11(8-14)15-13/h3-7,14H,8H2,1-2H3. The fourth-order valence-corrected chi connectivity index (χ4v) is 1.70. The van der Waals surface area contributed by atoms with Crippen LogP contribution in [-0.2, 0) is 6.61 Å². The lowest BCUT2D eigenvalue weighted by Crippen LogP contribution is -1.82. The average molecular weight is 202 g/mol. The normalized spacial score (nSPS) is 10.6. The fraction of sp³-hybridized carbons (Fsp3) is 0.231. The number of furan rings is 1. The van der Waals surface area contributed by atoms with Crippen LogP contribution < -0.4 is 0 Å². The second-order valence-corrected chi connectivity index (χ2v) is 3.74. The Labute approximate surface area is 89.2 Å².